The van der Waals surface area contributed by atoms with Gasteiger partial charge in [-0.3, -0.25) is 9.69 Å². The lowest BCUT2D eigenvalue weighted by atomic mass is 10.0. The molecule has 0 saturated carbocycles. The third-order valence-corrected chi connectivity index (χ3v) is 5.51. The fourth-order valence-electron chi connectivity index (χ4n) is 3.19. The van der Waals surface area contributed by atoms with E-state index in [2.05, 4.69) is 26.1 Å². The van der Waals surface area contributed by atoms with Crippen LogP contribution in [-0.2, 0) is 0 Å². The van der Waals surface area contributed by atoms with Crippen molar-refractivity contribution in [1.29, 1.82) is 0 Å². The third kappa shape index (κ3) is 4.40. The van der Waals surface area contributed by atoms with E-state index in [9.17, 15) is 9.18 Å². The van der Waals surface area contributed by atoms with Gasteiger partial charge in [-0.05, 0) is 71.7 Å². The molecule has 1 heterocycles. The normalized spacial score (nSPS) is 16.0. The number of rotatable bonds is 5. The Balaban J connectivity index is 1.78. The van der Waals surface area contributed by atoms with Gasteiger partial charge in [0.1, 0.15) is 5.82 Å². The number of benzene rings is 2. The molecule has 0 aliphatic carbocycles. The Kier molecular flexibility index (Phi) is 6.10. The van der Waals surface area contributed by atoms with Crippen molar-refractivity contribution < 1.29 is 9.18 Å². The first kappa shape index (κ1) is 18.4. The van der Waals surface area contributed by atoms with Crippen molar-refractivity contribution in [2.75, 3.05) is 19.6 Å². The maximum absolute atomic E-state index is 13.4. The fraction of sp³-hybridized carbons (Fsp3) is 0.316. The Morgan fingerprint density at radius 3 is 2.68 bits per heavy atom. The molecule has 1 atom stereocenters. The second-order valence-corrected chi connectivity index (χ2v) is 7.38. The minimum absolute atomic E-state index is 0.00693. The summed E-state index contributed by atoms with van der Waals surface area (Å²) in [6, 6.07) is 11.8. The second-order valence-electron chi connectivity index (χ2n) is 6.11. The number of nitrogens with one attached hydrogen (secondary N) is 1. The Morgan fingerprint density at radius 1 is 1.24 bits per heavy atom. The molecule has 0 aromatic heterocycles. The van der Waals surface area contributed by atoms with E-state index in [-0.39, 0.29) is 11.9 Å². The van der Waals surface area contributed by atoms with E-state index >= 15 is 0 Å². The molecule has 1 N–H and O–H groups in total. The summed E-state index contributed by atoms with van der Waals surface area (Å²) >= 11 is 9.68. The monoisotopic (exact) mass is 424 g/mol. The van der Waals surface area contributed by atoms with Crippen molar-refractivity contribution in [1.82, 2.24) is 10.2 Å². The van der Waals surface area contributed by atoms with Gasteiger partial charge in [0.15, 0.2) is 0 Å². The van der Waals surface area contributed by atoms with Crippen LogP contribution in [0.1, 0.15) is 34.8 Å². The number of carbonyl (C=O) groups excluding carboxylic acids is 1. The van der Waals surface area contributed by atoms with E-state index in [1.807, 2.05) is 24.3 Å². The van der Waals surface area contributed by atoms with Crippen molar-refractivity contribution in [2.24, 2.45) is 0 Å². The Morgan fingerprint density at radius 2 is 1.96 bits per heavy atom. The molecule has 0 radical (unpaired) electrons. The molecule has 2 aromatic rings. The van der Waals surface area contributed by atoms with E-state index in [1.54, 1.807) is 0 Å². The van der Waals surface area contributed by atoms with E-state index in [0.717, 1.165) is 31.5 Å². The second kappa shape index (κ2) is 8.30. The predicted octanol–water partition coefficient (Wildman–Crippen LogP) is 4.81. The van der Waals surface area contributed by atoms with Crippen LogP contribution in [0.2, 0.25) is 5.02 Å². The summed E-state index contributed by atoms with van der Waals surface area (Å²) in [5, 5.41) is 3.63. The minimum atomic E-state index is -0.435. The summed E-state index contributed by atoms with van der Waals surface area (Å²) in [6.07, 6.45) is 2.29. The predicted molar refractivity (Wildman–Crippen MR) is 101 cm³/mol. The first-order valence-corrected chi connectivity index (χ1v) is 9.45. The summed E-state index contributed by atoms with van der Waals surface area (Å²) < 4.78 is 14.0. The van der Waals surface area contributed by atoms with Crippen LogP contribution in [0.25, 0.3) is 0 Å². The summed E-state index contributed by atoms with van der Waals surface area (Å²) in [6.45, 7) is 2.39. The zero-order chi connectivity index (χ0) is 17.8. The number of nitrogens with zero attached hydrogens (tertiary/aromatic N) is 1. The molecule has 1 amide bonds. The number of amides is 1. The van der Waals surface area contributed by atoms with E-state index < -0.39 is 5.82 Å². The number of hydrogen-bond acceptors (Lipinski definition) is 2. The van der Waals surface area contributed by atoms with Gasteiger partial charge < -0.3 is 5.32 Å². The lowest BCUT2D eigenvalue weighted by molar-refractivity contribution is 0.0936. The van der Waals surface area contributed by atoms with Gasteiger partial charge >= 0.3 is 0 Å². The largest absolute Gasteiger partial charge is 0.350 e. The van der Waals surface area contributed by atoms with E-state index in [1.165, 1.54) is 18.2 Å². The van der Waals surface area contributed by atoms with Crippen molar-refractivity contribution in [2.45, 2.75) is 18.9 Å². The average molecular weight is 426 g/mol. The third-order valence-electron chi connectivity index (χ3n) is 4.47. The van der Waals surface area contributed by atoms with Crippen LogP contribution < -0.4 is 5.32 Å². The molecule has 1 unspecified atom stereocenters. The molecular formula is C19H19BrClFN2O. The molecule has 25 heavy (non-hydrogen) atoms. The molecule has 0 spiro atoms. The van der Waals surface area contributed by atoms with Gasteiger partial charge in [0, 0.05) is 16.0 Å². The molecule has 3 rings (SSSR count). The molecule has 0 bridgehead atoms. The SMILES string of the molecule is O=C(NCC(c1ccccc1Cl)N1CCCC1)c1cc(F)ccc1Br. The lowest BCUT2D eigenvalue weighted by Gasteiger charge is -2.29. The molecule has 1 aliphatic heterocycles. The zero-order valence-electron chi connectivity index (χ0n) is 13.6. The smallest absolute Gasteiger partial charge is 0.252 e. The first-order chi connectivity index (χ1) is 12.1. The van der Waals surface area contributed by atoms with Crippen LogP contribution in [0.3, 0.4) is 0 Å². The summed E-state index contributed by atoms with van der Waals surface area (Å²) in [7, 11) is 0. The van der Waals surface area contributed by atoms with Gasteiger partial charge in [-0.25, -0.2) is 4.39 Å². The number of likely N-dealkylation sites (tertiary alicyclic amines) is 1. The quantitative estimate of drug-likeness (QED) is 0.746. The highest BCUT2D eigenvalue weighted by Crippen LogP contribution is 2.30. The van der Waals surface area contributed by atoms with Gasteiger partial charge in [0.05, 0.1) is 11.6 Å². The Hall–Kier alpha value is -1.43. The van der Waals surface area contributed by atoms with Gasteiger partial charge in [-0.1, -0.05) is 29.8 Å². The van der Waals surface area contributed by atoms with Crippen LogP contribution in [0, 0.1) is 5.82 Å². The molecule has 6 heteroatoms. The van der Waals surface area contributed by atoms with Gasteiger partial charge in [0.2, 0.25) is 0 Å². The highest BCUT2D eigenvalue weighted by Gasteiger charge is 2.26. The molecule has 1 fully saturated rings. The average Bonchev–Trinajstić information content (AvgIpc) is 3.13. The molecule has 3 nitrogen and oxygen atoms in total. The van der Waals surface area contributed by atoms with Crippen LogP contribution in [0.15, 0.2) is 46.9 Å². The van der Waals surface area contributed by atoms with Crippen LogP contribution in [0.5, 0.6) is 0 Å². The maximum Gasteiger partial charge on any atom is 0.252 e. The van der Waals surface area contributed by atoms with E-state index in [4.69, 9.17) is 11.6 Å². The summed E-state index contributed by atoms with van der Waals surface area (Å²) in [5.74, 6) is -0.738. The number of halogens is 3. The summed E-state index contributed by atoms with van der Waals surface area (Å²) in [5.41, 5.74) is 1.30. The maximum atomic E-state index is 13.4. The van der Waals surface area contributed by atoms with Gasteiger partial charge in [-0.15, -0.1) is 0 Å². The highest BCUT2D eigenvalue weighted by atomic mass is 79.9. The topological polar surface area (TPSA) is 32.3 Å². The van der Waals surface area contributed by atoms with Crippen LogP contribution >= 0.6 is 27.5 Å². The van der Waals surface area contributed by atoms with Gasteiger partial charge in [0.25, 0.3) is 5.91 Å². The van der Waals surface area contributed by atoms with Crippen LogP contribution in [0.4, 0.5) is 4.39 Å². The number of hydrogen-bond donors (Lipinski definition) is 1. The summed E-state index contributed by atoms with van der Waals surface area (Å²) in [4.78, 5) is 14.8. The molecule has 1 saturated heterocycles. The fourth-order valence-corrected chi connectivity index (χ4v) is 3.88. The molecule has 1 aliphatic rings. The van der Waals surface area contributed by atoms with E-state index in [0.29, 0.717) is 21.6 Å². The standard InChI is InChI=1S/C19H19BrClFN2O/c20-16-8-7-13(22)11-15(16)19(25)23-12-18(24-9-3-4-10-24)14-5-1-2-6-17(14)21/h1-2,5-8,11,18H,3-4,9-10,12H2,(H,23,25). The molecular weight excluding hydrogens is 407 g/mol. The Bertz CT molecular complexity index is 765. The van der Waals surface area contributed by atoms with Crippen LogP contribution in [-0.4, -0.2) is 30.4 Å². The molecule has 132 valence electrons. The van der Waals surface area contributed by atoms with Crippen molar-refractivity contribution in [3.05, 3.63) is 68.9 Å². The van der Waals surface area contributed by atoms with Crippen molar-refractivity contribution in [3.63, 3.8) is 0 Å². The Labute approximate surface area is 160 Å². The minimum Gasteiger partial charge on any atom is -0.350 e. The van der Waals surface area contributed by atoms with Gasteiger partial charge in [-0.2, -0.15) is 0 Å². The first-order valence-electron chi connectivity index (χ1n) is 8.28. The lowest BCUT2D eigenvalue weighted by Crippen LogP contribution is -2.37. The molecule has 2 aromatic carbocycles. The van der Waals surface area contributed by atoms with Crippen molar-refractivity contribution >= 4 is 33.4 Å². The highest BCUT2D eigenvalue weighted by molar-refractivity contribution is 9.10. The number of carbonyl (C=O) groups is 1. The van der Waals surface area contributed by atoms with Crippen molar-refractivity contribution in [3.8, 4) is 0 Å². The zero-order valence-corrected chi connectivity index (χ0v) is 16.0.